The number of esters is 1. The van der Waals surface area contributed by atoms with Crippen molar-refractivity contribution in [2.75, 3.05) is 12.4 Å². The van der Waals surface area contributed by atoms with Crippen LogP contribution in [0.4, 0.5) is 5.69 Å². The summed E-state index contributed by atoms with van der Waals surface area (Å²) >= 11 is 1.20. The first-order chi connectivity index (χ1) is 12.7. The van der Waals surface area contributed by atoms with E-state index in [4.69, 9.17) is 4.74 Å². The second-order valence-electron chi connectivity index (χ2n) is 6.37. The average molecular weight is 390 g/mol. The van der Waals surface area contributed by atoms with E-state index in [1.165, 1.54) is 23.9 Å². The molecule has 0 N–H and O–H groups in total. The molecule has 0 bridgehead atoms. The first-order valence-corrected chi connectivity index (χ1v) is 9.43. The normalized spacial score (nSPS) is 10.9. The molecule has 0 saturated heterocycles. The minimum absolute atomic E-state index is 0.00785. The van der Waals surface area contributed by atoms with Crippen LogP contribution in [0, 0.1) is 24.0 Å². The topological polar surface area (TPSA) is 91.4 Å². The van der Waals surface area contributed by atoms with Gasteiger partial charge >= 0.3 is 5.97 Å². The largest absolute Gasteiger partial charge is 0.457 e. The number of aromatic nitrogens is 1. The highest BCUT2D eigenvalue weighted by Crippen LogP contribution is 2.22. The van der Waals surface area contributed by atoms with E-state index >= 15 is 0 Å². The lowest BCUT2D eigenvalue weighted by Crippen LogP contribution is -2.16. The van der Waals surface area contributed by atoms with Crippen molar-refractivity contribution in [2.45, 2.75) is 38.6 Å². The third kappa shape index (κ3) is 5.19. The van der Waals surface area contributed by atoms with Crippen molar-refractivity contribution in [3.8, 4) is 0 Å². The Bertz CT molecular complexity index is 856. The number of nitro benzene ring substituents is 1. The van der Waals surface area contributed by atoms with Crippen molar-refractivity contribution in [3.63, 3.8) is 0 Å². The highest BCUT2D eigenvalue weighted by atomic mass is 32.2. The molecule has 0 atom stereocenters. The molecule has 0 unspecified atom stereocenters. The van der Waals surface area contributed by atoms with Crippen LogP contribution in [0.15, 0.2) is 35.2 Å². The van der Waals surface area contributed by atoms with Crippen LogP contribution in [0.25, 0.3) is 0 Å². The lowest BCUT2D eigenvalue weighted by molar-refractivity contribution is -0.384. The summed E-state index contributed by atoms with van der Waals surface area (Å²) < 4.78 is 7.15. The molecular weight excluding hydrogens is 368 g/mol. The van der Waals surface area contributed by atoms with Crippen LogP contribution >= 0.6 is 11.8 Å². The van der Waals surface area contributed by atoms with Crippen LogP contribution in [0.5, 0.6) is 0 Å². The van der Waals surface area contributed by atoms with Crippen molar-refractivity contribution >= 4 is 29.2 Å². The molecule has 0 aliphatic carbocycles. The van der Waals surface area contributed by atoms with Crippen LogP contribution in [-0.2, 0) is 9.53 Å². The van der Waals surface area contributed by atoms with Gasteiger partial charge < -0.3 is 9.30 Å². The number of ketones is 1. The maximum absolute atomic E-state index is 12.4. The minimum atomic E-state index is -0.510. The summed E-state index contributed by atoms with van der Waals surface area (Å²) in [6, 6.07) is 7.96. The van der Waals surface area contributed by atoms with Gasteiger partial charge in [0.2, 0.25) is 5.78 Å². The summed E-state index contributed by atoms with van der Waals surface area (Å²) in [5.74, 6) is -0.719. The van der Waals surface area contributed by atoms with Gasteiger partial charge in [0, 0.05) is 40.0 Å². The summed E-state index contributed by atoms with van der Waals surface area (Å²) in [6.07, 6.45) is 0. The van der Waals surface area contributed by atoms with E-state index in [1.807, 2.05) is 33.8 Å². The maximum atomic E-state index is 12.4. The molecule has 0 radical (unpaired) electrons. The molecular formula is C19H22N2O5S. The third-order valence-corrected chi connectivity index (χ3v) is 5.06. The van der Waals surface area contributed by atoms with E-state index in [-0.39, 0.29) is 29.9 Å². The molecule has 0 aliphatic rings. The number of rotatable bonds is 8. The molecule has 0 amide bonds. The number of nitrogens with zero attached hydrogens (tertiary/aromatic N) is 2. The van der Waals surface area contributed by atoms with Gasteiger partial charge in [0.25, 0.3) is 5.69 Å². The van der Waals surface area contributed by atoms with Crippen LogP contribution in [0.2, 0.25) is 0 Å². The molecule has 27 heavy (non-hydrogen) atoms. The fourth-order valence-corrected chi connectivity index (χ4v) is 3.62. The van der Waals surface area contributed by atoms with Crippen molar-refractivity contribution in [1.82, 2.24) is 4.57 Å². The number of nitro groups is 1. The Kier molecular flexibility index (Phi) is 6.79. The number of carbonyl (C=O) groups is 2. The summed E-state index contributed by atoms with van der Waals surface area (Å²) in [5, 5.41) is 10.6. The number of thioether (sulfide) groups is 1. The van der Waals surface area contributed by atoms with Gasteiger partial charge in [-0.15, -0.1) is 11.8 Å². The van der Waals surface area contributed by atoms with Gasteiger partial charge in [0.05, 0.1) is 10.7 Å². The maximum Gasteiger partial charge on any atom is 0.316 e. The number of benzene rings is 1. The Morgan fingerprint density at radius 3 is 2.37 bits per heavy atom. The van der Waals surface area contributed by atoms with Crippen LogP contribution < -0.4 is 0 Å². The first kappa shape index (κ1) is 20.7. The Labute approximate surface area is 161 Å². The number of aryl methyl sites for hydroxylation is 1. The number of non-ortho nitro benzene ring substituents is 1. The van der Waals surface area contributed by atoms with Gasteiger partial charge in [-0.05, 0) is 45.9 Å². The molecule has 8 heteroatoms. The molecule has 1 heterocycles. The van der Waals surface area contributed by atoms with Gasteiger partial charge in [-0.2, -0.15) is 0 Å². The van der Waals surface area contributed by atoms with Crippen molar-refractivity contribution in [1.29, 1.82) is 0 Å². The van der Waals surface area contributed by atoms with Gasteiger partial charge in [-0.1, -0.05) is 0 Å². The van der Waals surface area contributed by atoms with Gasteiger partial charge in [-0.25, -0.2) is 0 Å². The molecule has 1 aromatic heterocycles. The van der Waals surface area contributed by atoms with E-state index in [0.717, 1.165) is 11.4 Å². The molecule has 144 valence electrons. The summed E-state index contributed by atoms with van der Waals surface area (Å²) in [7, 11) is 0. The minimum Gasteiger partial charge on any atom is -0.457 e. The lowest BCUT2D eigenvalue weighted by atomic mass is 10.1. The molecule has 0 aliphatic heterocycles. The van der Waals surface area contributed by atoms with E-state index in [0.29, 0.717) is 10.5 Å². The molecule has 2 rings (SSSR count). The Hall–Kier alpha value is -2.61. The van der Waals surface area contributed by atoms with Gasteiger partial charge in [-0.3, -0.25) is 19.7 Å². The number of hydrogen-bond acceptors (Lipinski definition) is 6. The number of carbonyl (C=O) groups excluding carboxylic acids is 2. The Balaban J connectivity index is 1.87. The van der Waals surface area contributed by atoms with Crippen molar-refractivity contribution < 1.29 is 19.2 Å². The molecule has 1 aromatic carbocycles. The summed E-state index contributed by atoms with van der Waals surface area (Å²) in [5.41, 5.74) is 2.42. The number of ether oxygens (including phenoxy) is 1. The zero-order valence-electron chi connectivity index (χ0n) is 15.7. The standard InChI is InChI=1S/C19H22N2O5S/c1-12(2)20-13(3)9-17(14(20)4)18(22)10-26-19(23)11-27-16-7-5-15(6-8-16)21(24)25/h5-9,12H,10-11H2,1-4H3. The average Bonchev–Trinajstić information content (AvgIpc) is 2.92. The summed E-state index contributed by atoms with van der Waals surface area (Å²) in [6.45, 7) is 7.61. The molecule has 7 nitrogen and oxygen atoms in total. The second-order valence-corrected chi connectivity index (χ2v) is 7.42. The number of Topliss-reactive ketones (excluding diaryl/α,β-unsaturated/α-hetero) is 1. The zero-order chi connectivity index (χ0) is 20.1. The van der Waals surface area contributed by atoms with Crippen LogP contribution in [0.3, 0.4) is 0 Å². The summed E-state index contributed by atoms with van der Waals surface area (Å²) in [4.78, 5) is 35.1. The fraction of sp³-hybridized carbons (Fsp3) is 0.368. The molecule has 2 aromatic rings. The SMILES string of the molecule is Cc1cc(C(=O)COC(=O)CSc2ccc([N+](=O)[O-])cc2)c(C)n1C(C)C. The smallest absolute Gasteiger partial charge is 0.316 e. The lowest BCUT2D eigenvalue weighted by Gasteiger charge is -2.13. The van der Waals surface area contributed by atoms with Crippen molar-refractivity contribution in [3.05, 3.63) is 57.4 Å². The Morgan fingerprint density at radius 2 is 1.85 bits per heavy atom. The van der Waals surface area contributed by atoms with Crippen LogP contribution in [0.1, 0.15) is 41.6 Å². The monoisotopic (exact) mass is 390 g/mol. The first-order valence-electron chi connectivity index (χ1n) is 8.45. The Morgan fingerprint density at radius 1 is 1.22 bits per heavy atom. The second kappa shape index (κ2) is 8.85. The zero-order valence-corrected chi connectivity index (χ0v) is 16.5. The van der Waals surface area contributed by atoms with Crippen LogP contribution in [-0.4, -0.2) is 33.6 Å². The predicted molar refractivity (Wildman–Crippen MR) is 103 cm³/mol. The van der Waals surface area contributed by atoms with E-state index in [1.54, 1.807) is 12.1 Å². The van der Waals surface area contributed by atoms with E-state index in [2.05, 4.69) is 4.57 Å². The quantitative estimate of drug-likeness (QED) is 0.221. The van der Waals surface area contributed by atoms with E-state index in [9.17, 15) is 19.7 Å². The third-order valence-electron chi connectivity index (χ3n) is 4.07. The van der Waals surface area contributed by atoms with Gasteiger partial charge in [0.1, 0.15) is 0 Å². The predicted octanol–water partition coefficient (Wildman–Crippen LogP) is 4.11. The highest BCUT2D eigenvalue weighted by molar-refractivity contribution is 8.00. The highest BCUT2D eigenvalue weighted by Gasteiger charge is 2.18. The van der Waals surface area contributed by atoms with Crippen molar-refractivity contribution in [2.24, 2.45) is 0 Å². The molecule has 0 spiro atoms. The number of hydrogen-bond donors (Lipinski definition) is 0. The fourth-order valence-electron chi connectivity index (χ4n) is 2.93. The van der Waals surface area contributed by atoms with E-state index < -0.39 is 10.9 Å². The molecule has 0 saturated carbocycles. The molecule has 0 fully saturated rings. The van der Waals surface area contributed by atoms with Gasteiger partial charge in [0.15, 0.2) is 6.61 Å².